The number of nitrogens with zero attached hydrogens (tertiary/aromatic N) is 1. The van der Waals surface area contributed by atoms with E-state index in [2.05, 4.69) is 15.8 Å². The lowest BCUT2D eigenvalue weighted by molar-refractivity contribution is -0.136. The third kappa shape index (κ3) is 4.40. The Morgan fingerprint density at radius 1 is 1.29 bits per heavy atom. The first kappa shape index (κ1) is 15.2. The second-order valence-corrected chi connectivity index (χ2v) is 5.52. The van der Waals surface area contributed by atoms with Crippen molar-refractivity contribution in [2.24, 2.45) is 5.10 Å². The van der Waals surface area contributed by atoms with Gasteiger partial charge in [-0.15, -0.1) is 11.3 Å². The van der Waals surface area contributed by atoms with Gasteiger partial charge >= 0.3 is 11.8 Å². The zero-order valence-corrected chi connectivity index (χ0v) is 12.7. The highest BCUT2D eigenvalue weighted by molar-refractivity contribution is 7.11. The summed E-state index contributed by atoms with van der Waals surface area (Å²) in [4.78, 5) is 24.1. The molecule has 7 heteroatoms. The van der Waals surface area contributed by atoms with Crippen LogP contribution in [0.4, 0.5) is 5.69 Å². The standard InChI is InChI=1S/C14H12ClN3O2S/c1-9-4-5-10(7-12(9)15)17-13(19)14(20)18-16-8-11-3-2-6-21-11/h2-8H,1H3,(H,17,19)(H,18,20)/b16-8-. The molecule has 1 aromatic heterocycles. The van der Waals surface area contributed by atoms with E-state index in [1.165, 1.54) is 17.6 Å². The van der Waals surface area contributed by atoms with Crippen LogP contribution in [0.1, 0.15) is 10.4 Å². The Labute approximate surface area is 130 Å². The first-order valence-corrected chi connectivity index (χ1v) is 7.26. The average Bonchev–Trinajstić information content (AvgIpc) is 2.96. The van der Waals surface area contributed by atoms with E-state index in [9.17, 15) is 9.59 Å². The highest BCUT2D eigenvalue weighted by Crippen LogP contribution is 2.19. The van der Waals surface area contributed by atoms with E-state index in [1.807, 2.05) is 24.4 Å². The van der Waals surface area contributed by atoms with Crippen LogP contribution in [0.5, 0.6) is 0 Å². The number of halogens is 1. The second-order valence-electron chi connectivity index (χ2n) is 4.13. The molecule has 21 heavy (non-hydrogen) atoms. The molecule has 0 aliphatic rings. The van der Waals surface area contributed by atoms with Gasteiger partial charge in [0.05, 0.1) is 6.21 Å². The molecule has 0 saturated carbocycles. The molecule has 0 radical (unpaired) electrons. The number of hydrazone groups is 1. The number of hydrogen-bond donors (Lipinski definition) is 2. The molecule has 2 N–H and O–H groups in total. The number of aryl methyl sites for hydroxylation is 1. The van der Waals surface area contributed by atoms with Crippen LogP contribution in [0.15, 0.2) is 40.8 Å². The highest BCUT2D eigenvalue weighted by Gasteiger charge is 2.13. The number of thiophene rings is 1. The van der Waals surface area contributed by atoms with Crippen LogP contribution in [-0.4, -0.2) is 18.0 Å². The fraction of sp³-hybridized carbons (Fsp3) is 0.0714. The molecule has 0 saturated heterocycles. The average molecular weight is 322 g/mol. The third-order valence-corrected chi connectivity index (χ3v) is 3.75. The molecule has 108 valence electrons. The number of carbonyl (C=O) groups excluding carboxylic acids is 2. The van der Waals surface area contributed by atoms with Crippen molar-refractivity contribution in [3.05, 3.63) is 51.2 Å². The van der Waals surface area contributed by atoms with Gasteiger partial charge < -0.3 is 5.32 Å². The number of amides is 2. The maximum atomic E-state index is 11.7. The minimum atomic E-state index is -0.848. The van der Waals surface area contributed by atoms with Crippen molar-refractivity contribution in [1.82, 2.24) is 5.43 Å². The summed E-state index contributed by atoms with van der Waals surface area (Å²) in [6, 6.07) is 8.71. The number of carbonyl (C=O) groups is 2. The van der Waals surface area contributed by atoms with E-state index in [4.69, 9.17) is 11.6 Å². The summed E-state index contributed by atoms with van der Waals surface area (Å²) in [6.07, 6.45) is 1.47. The van der Waals surface area contributed by atoms with Gasteiger partial charge in [0, 0.05) is 15.6 Å². The molecule has 2 rings (SSSR count). The predicted molar refractivity (Wildman–Crippen MR) is 84.9 cm³/mol. The van der Waals surface area contributed by atoms with Crippen LogP contribution in [0, 0.1) is 6.92 Å². The van der Waals surface area contributed by atoms with Gasteiger partial charge in [-0.1, -0.05) is 23.7 Å². The number of nitrogens with one attached hydrogen (secondary N) is 2. The Morgan fingerprint density at radius 3 is 2.76 bits per heavy atom. The highest BCUT2D eigenvalue weighted by atomic mass is 35.5. The Balaban J connectivity index is 1.90. The predicted octanol–water partition coefficient (Wildman–Crippen LogP) is 2.80. The summed E-state index contributed by atoms with van der Waals surface area (Å²) in [5.41, 5.74) is 3.50. The number of benzene rings is 1. The van der Waals surface area contributed by atoms with Crippen LogP contribution in [0.2, 0.25) is 5.02 Å². The summed E-state index contributed by atoms with van der Waals surface area (Å²) in [5, 5.41) is 8.56. The zero-order chi connectivity index (χ0) is 15.2. The molecule has 0 unspecified atom stereocenters. The molecule has 2 aromatic rings. The molecule has 1 aromatic carbocycles. The van der Waals surface area contributed by atoms with Crippen LogP contribution >= 0.6 is 22.9 Å². The normalized spacial score (nSPS) is 10.6. The van der Waals surface area contributed by atoms with Crippen molar-refractivity contribution in [1.29, 1.82) is 0 Å². The monoisotopic (exact) mass is 321 g/mol. The summed E-state index contributed by atoms with van der Waals surface area (Å²) in [7, 11) is 0. The van der Waals surface area contributed by atoms with E-state index in [1.54, 1.807) is 18.2 Å². The molecule has 2 amide bonds. The maximum Gasteiger partial charge on any atom is 0.329 e. The molecule has 0 aliphatic carbocycles. The largest absolute Gasteiger partial charge is 0.329 e. The van der Waals surface area contributed by atoms with Gasteiger partial charge in [0.25, 0.3) is 0 Å². The lowest BCUT2D eigenvalue weighted by Gasteiger charge is -2.05. The minimum Gasteiger partial charge on any atom is -0.318 e. The topological polar surface area (TPSA) is 70.6 Å². The van der Waals surface area contributed by atoms with Gasteiger partial charge in [-0.2, -0.15) is 5.10 Å². The Hall–Kier alpha value is -2.18. The summed E-state index contributed by atoms with van der Waals surface area (Å²) < 4.78 is 0. The van der Waals surface area contributed by atoms with Crippen molar-refractivity contribution in [3.63, 3.8) is 0 Å². The molecule has 0 bridgehead atoms. The van der Waals surface area contributed by atoms with Crippen LogP contribution in [-0.2, 0) is 9.59 Å². The van der Waals surface area contributed by atoms with Gasteiger partial charge in [0.15, 0.2) is 0 Å². The van der Waals surface area contributed by atoms with Crippen LogP contribution in [0.3, 0.4) is 0 Å². The Bertz CT molecular complexity index is 684. The van der Waals surface area contributed by atoms with Gasteiger partial charge in [0.1, 0.15) is 0 Å². The van der Waals surface area contributed by atoms with E-state index in [0.29, 0.717) is 10.7 Å². The molecular weight excluding hydrogens is 310 g/mol. The van der Waals surface area contributed by atoms with Crippen molar-refractivity contribution >= 4 is 46.7 Å². The first-order valence-electron chi connectivity index (χ1n) is 6.00. The molecule has 0 fully saturated rings. The maximum absolute atomic E-state index is 11.7. The summed E-state index contributed by atoms with van der Waals surface area (Å²) in [5.74, 6) is -1.65. The molecular formula is C14H12ClN3O2S. The van der Waals surface area contributed by atoms with Gasteiger partial charge in [0.2, 0.25) is 0 Å². The van der Waals surface area contributed by atoms with E-state index in [-0.39, 0.29) is 0 Å². The Morgan fingerprint density at radius 2 is 2.10 bits per heavy atom. The van der Waals surface area contributed by atoms with Crippen molar-refractivity contribution in [2.75, 3.05) is 5.32 Å². The minimum absolute atomic E-state index is 0.452. The van der Waals surface area contributed by atoms with Crippen LogP contribution in [0.25, 0.3) is 0 Å². The zero-order valence-electron chi connectivity index (χ0n) is 11.1. The van der Waals surface area contributed by atoms with Crippen molar-refractivity contribution < 1.29 is 9.59 Å². The van der Waals surface area contributed by atoms with Gasteiger partial charge in [-0.25, -0.2) is 5.43 Å². The van der Waals surface area contributed by atoms with Gasteiger partial charge in [-0.3, -0.25) is 9.59 Å². The third-order valence-electron chi connectivity index (χ3n) is 2.54. The number of hydrogen-bond acceptors (Lipinski definition) is 4. The first-order chi connectivity index (χ1) is 10.1. The van der Waals surface area contributed by atoms with E-state index < -0.39 is 11.8 Å². The molecule has 1 heterocycles. The smallest absolute Gasteiger partial charge is 0.318 e. The number of anilines is 1. The molecule has 0 atom stereocenters. The Kier molecular flexibility index (Phi) is 5.08. The molecule has 5 nitrogen and oxygen atoms in total. The summed E-state index contributed by atoms with van der Waals surface area (Å²) in [6.45, 7) is 1.85. The molecule has 0 aliphatic heterocycles. The summed E-state index contributed by atoms with van der Waals surface area (Å²) >= 11 is 7.42. The van der Waals surface area contributed by atoms with Crippen molar-refractivity contribution in [2.45, 2.75) is 6.92 Å². The lowest BCUT2D eigenvalue weighted by atomic mass is 10.2. The van der Waals surface area contributed by atoms with E-state index in [0.717, 1.165) is 10.4 Å². The fourth-order valence-corrected chi connectivity index (χ4v) is 2.19. The van der Waals surface area contributed by atoms with Crippen LogP contribution < -0.4 is 10.7 Å². The van der Waals surface area contributed by atoms with Crippen molar-refractivity contribution in [3.8, 4) is 0 Å². The van der Waals surface area contributed by atoms with E-state index >= 15 is 0 Å². The molecule has 0 spiro atoms. The van der Waals surface area contributed by atoms with Gasteiger partial charge in [-0.05, 0) is 36.1 Å². The second kappa shape index (κ2) is 7.01. The number of rotatable bonds is 3. The quantitative estimate of drug-likeness (QED) is 0.518. The fourth-order valence-electron chi connectivity index (χ4n) is 1.43. The SMILES string of the molecule is Cc1ccc(NC(=O)C(=O)N/N=C\c2cccs2)cc1Cl. The lowest BCUT2D eigenvalue weighted by Crippen LogP contribution is -2.32.